The van der Waals surface area contributed by atoms with Crippen molar-refractivity contribution in [2.75, 3.05) is 24.5 Å². The van der Waals surface area contributed by atoms with Gasteiger partial charge in [0, 0.05) is 25.3 Å². The summed E-state index contributed by atoms with van der Waals surface area (Å²) in [6.07, 6.45) is 0.568. The summed E-state index contributed by atoms with van der Waals surface area (Å²) in [5.74, 6) is -0.928. The SMILES string of the molecule is CC[C@H]1CN(c2ccc(C(=O)O)cc2)CCN1C(=O)OC(C)(C)C. The second kappa shape index (κ2) is 7.11. The van der Waals surface area contributed by atoms with Gasteiger partial charge in [-0.15, -0.1) is 0 Å². The largest absolute Gasteiger partial charge is 0.478 e. The Morgan fingerprint density at radius 3 is 2.33 bits per heavy atom. The number of nitrogens with zero attached hydrogens (tertiary/aromatic N) is 2. The van der Waals surface area contributed by atoms with Crippen molar-refractivity contribution >= 4 is 17.7 Å². The molecule has 132 valence electrons. The van der Waals surface area contributed by atoms with Crippen LogP contribution in [0.2, 0.25) is 0 Å². The van der Waals surface area contributed by atoms with Crippen molar-refractivity contribution in [3.63, 3.8) is 0 Å². The number of rotatable bonds is 3. The van der Waals surface area contributed by atoms with Crippen LogP contribution in [0, 0.1) is 0 Å². The third-order valence-electron chi connectivity index (χ3n) is 4.06. The Bertz CT molecular complexity index is 592. The van der Waals surface area contributed by atoms with E-state index in [1.165, 1.54) is 0 Å². The Hall–Kier alpha value is -2.24. The van der Waals surface area contributed by atoms with Gasteiger partial charge in [-0.05, 0) is 51.5 Å². The molecule has 0 bridgehead atoms. The minimum absolute atomic E-state index is 0.0766. The molecular formula is C18H26N2O4. The highest BCUT2D eigenvalue weighted by atomic mass is 16.6. The molecule has 0 spiro atoms. The topological polar surface area (TPSA) is 70.1 Å². The smallest absolute Gasteiger partial charge is 0.410 e. The van der Waals surface area contributed by atoms with Gasteiger partial charge in [-0.1, -0.05) is 6.92 Å². The van der Waals surface area contributed by atoms with Gasteiger partial charge in [-0.25, -0.2) is 9.59 Å². The molecule has 6 nitrogen and oxygen atoms in total. The van der Waals surface area contributed by atoms with E-state index in [4.69, 9.17) is 9.84 Å². The van der Waals surface area contributed by atoms with Crippen LogP contribution in [-0.4, -0.2) is 53.3 Å². The Balaban J connectivity index is 2.06. The molecule has 1 amide bonds. The first kappa shape index (κ1) is 18.1. The molecule has 0 saturated carbocycles. The van der Waals surface area contributed by atoms with E-state index >= 15 is 0 Å². The molecule has 1 aliphatic rings. The highest BCUT2D eigenvalue weighted by Gasteiger charge is 2.32. The molecule has 24 heavy (non-hydrogen) atoms. The number of hydrogen-bond donors (Lipinski definition) is 1. The van der Waals surface area contributed by atoms with Crippen molar-refractivity contribution in [2.24, 2.45) is 0 Å². The summed E-state index contributed by atoms with van der Waals surface area (Å²) < 4.78 is 5.50. The summed E-state index contributed by atoms with van der Waals surface area (Å²) in [6, 6.07) is 6.93. The zero-order valence-electron chi connectivity index (χ0n) is 14.8. The molecule has 1 aliphatic heterocycles. The normalized spacial score (nSPS) is 18.4. The lowest BCUT2D eigenvalue weighted by atomic mass is 10.1. The molecule has 0 radical (unpaired) electrons. The third-order valence-corrected chi connectivity index (χ3v) is 4.06. The van der Waals surface area contributed by atoms with Gasteiger partial charge >= 0.3 is 12.1 Å². The van der Waals surface area contributed by atoms with Crippen molar-refractivity contribution in [3.8, 4) is 0 Å². The van der Waals surface area contributed by atoms with Crippen LogP contribution in [0.25, 0.3) is 0 Å². The van der Waals surface area contributed by atoms with Crippen LogP contribution >= 0.6 is 0 Å². The van der Waals surface area contributed by atoms with E-state index in [9.17, 15) is 9.59 Å². The summed E-state index contributed by atoms with van der Waals surface area (Å²) in [5.41, 5.74) is 0.750. The Labute approximate surface area is 143 Å². The van der Waals surface area contributed by atoms with Crippen LogP contribution in [0.3, 0.4) is 0 Å². The minimum atomic E-state index is -0.928. The van der Waals surface area contributed by atoms with E-state index in [2.05, 4.69) is 11.8 Å². The molecule has 1 atom stereocenters. The molecule has 1 heterocycles. The number of benzene rings is 1. The highest BCUT2D eigenvalue weighted by Crippen LogP contribution is 2.23. The molecule has 0 unspecified atom stereocenters. The quantitative estimate of drug-likeness (QED) is 0.919. The average Bonchev–Trinajstić information content (AvgIpc) is 2.52. The molecule has 1 aromatic rings. The summed E-state index contributed by atoms with van der Waals surface area (Å²) in [6.45, 7) is 9.65. The molecule has 1 saturated heterocycles. The van der Waals surface area contributed by atoms with Crippen molar-refractivity contribution in [1.82, 2.24) is 4.90 Å². The van der Waals surface area contributed by atoms with E-state index < -0.39 is 11.6 Å². The number of ether oxygens (including phenoxy) is 1. The van der Waals surface area contributed by atoms with Crippen LogP contribution in [0.4, 0.5) is 10.5 Å². The predicted molar refractivity (Wildman–Crippen MR) is 92.6 cm³/mol. The number of anilines is 1. The van der Waals surface area contributed by atoms with Gasteiger partial charge in [0.15, 0.2) is 0 Å². The zero-order valence-corrected chi connectivity index (χ0v) is 14.8. The van der Waals surface area contributed by atoms with Crippen LogP contribution in [-0.2, 0) is 4.74 Å². The molecular weight excluding hydrogens is 308 g/mol. The Kier molecular flexibility index (Phi) is 5.36. The Morgan fingerprint density at radius 1 is 1.21 bits per heavy atom. The van der Waals surface area contributed by atoms with Crippen LogP contribution < -0.4 is 4.90 Å². The van der Waals surface area contributed by atoms with Crippen LogP contribution in [0.5, 0.6) is 0 Å². The minimum Gasteiger partial charge on any atom is -0.478 e. The number of hydrogen-bond acceptors (Lipinski definition) is 4. The van der Waals surface area contributed by atoms with E-state index in [0.29, 0.717) is 19.6 Å². The number of carboxylic acid groups (broad SMARTS) is 1. The summed E-state index contributed by atoms with van der Waals surface area (Å²) in [5, 5.41) is 8.98. The second-order valence-electron chi connectivity index (χ2n) is 7.03. The first-order valence-electron chi connectivity index (χ1n) is 8.29. The maximum absolute atomic E-state index is 12.4. The lowest BCUT2D eigenvalue weighted by Gasteiger charge is -2.42. The van der Waals surface area contributed by atoms with Crippen molar-refractivity contribution in [1.29, 1.82) is 0 Å². The molecule has 6 heteroatoms. The second-order valence-corrected chi connectivity index (χ2v) is 7.03. The molecule has 0 aliphatic carbocycles. The maximum Gasteiger partial charge on any atom is 0.410 e. The first-order chi connectivity index (χ1) is 11.2. The fourth-order valence-corrected chi connectivity index (χ4v) is 2.81. The molecule has 1 aromatic carbocycles. The van der Waals surface area contributed by atoms with E-state index in [1.54, 1.807) is 17.0 Å². The highest BCUT2D eigenvalue weighted by molar-refractivity contribution is 5.88. The fourth-order valence-electron chi connectivity index (χ4n) is 2.81. The first-order valence-corrected chi connectivity index (χ1v) is 8.29. The lowest BCUT2D eigenvalue weighted by molar-refractivity contribution is 0.0136. The monoisotopic (exact) mass is 334 g/mol. The number of carbonyl (C=O) groups is 2. The average molecular weight is 334 g/mol. The molecule has 1 fully saturated rings. The van der Waals surface area contributed by atoms with E-state index in [-0.39, 0.29) is 17.7 Å². The standard InChI is InChI=1S/C18H26N2O4/c1-5-14-12-19(15-8-6-13(7-9-15)16(21)22)10-11-20(14)17(23)24-18(2,3)4/h6-9,14H,5,10-12H2,1-4H3,(H,21,22)/t14-/m0/s1. The number of aromatic carboxylic acids is 1. The maximum atomic E-state index is 12.4. The van der Waals surface area contributed by atoms with Crippen LogP contribution in [0.15, 0.2) is 24.3 Å². The van der Waals surface area contributed by atoms with E-state index in [0.717, 1.165) is 12.1 Å². The van der Waals surface area contributed by atoms with Gasteiger partial charge in [0.1, 0.15) is 5.60 Å². The van der Waals surface area contributed by atoms with Gasteiger partial charge < -0.3 is 19.6 Å². The van der Waals surface area contributed by atoms with Gasteiger partial charge in [-0.2, -0.15) is 0 Å². The lowest BCUT2D eigenvalue weighted by Crippen LogP contribution is -2.56. The van der Waals surface area contributed by atoms with Gasteiger partial charge in [0.25, 0.3) is 0 Å². The Morgan fingerprint density at radius 2 is 1.83 bits per heavy atom. The molecule has 0 aromatic heterocycles. The van der Waals surface area contributed by atoms with Gasteiger partial charge in [0.05, 0.1) is 11.6 Å². The third kappa shape index (κ3) is 4.40. The van der Waals surface area contributed by atoms with Gasteiger partial charge in [0.2, 0.25) is 0 Å². The fraction of sp³-hybridized carbons (Fsp3) is 0.556. The van der Waals surface area contributed by atoms with Gasteiger partial charge in [-0.3, -0.25) is 0 Å². The number of amides is 1. The summed E-state index contributed by atoms with van der Waals surface area (Å²) in [7, 11) is 0. The van der Waals surface area contributed by atoms with E-state index in [1.807, 2.05) is 32.9 Å². The summed E-state index contributed by atoms with van der Waals surface area (Å²) >= 11 is 0. The van der Waals surface area contributed by atoms with Crippen molar-refractivity contribution in [3.05, 3.63) is 29.8 Å². The van der Waals surface area contributed by atoms with Crippen LogP contribution in [0.1, 0.15) is 44.5 Å². The number of carboxylic acids is 1. The molecule has 1 N–H and O–H groups in total. The molecule has 2 rings (SSSR count). The summed E-state index contributed by atoms with van der Waals surface area (Å²) in [4.78, 5) is 27.3. The zero-order chi connectivity index (χ0) is 17.9. The number of carbonyl (C=O) groups excluding carboxylic acids is 1. The predicted octanol–water partition coefficient (Wildman–Crippen LogP) is 3.22. The van der Waals surface area contributed by atoms with Crippen molar-refractivity contribution in [2.45, 2.75) is 45.8 Å². The van der Waals surface area contributed by atoms with Crippen molar-refractivity contribution < 1.29 is 19.4 Å². The number of piperazine rings is 1.